The smallest absolute Gasteiger partial charge is 0.153 e. The minimum atomic E-state index is 0.0456. The normalized spacial score (nSPS) is 11.3. The molecule has 0 saturated carbocycles. The molecule has 82 valence electrons. The molecule has 0 bridgehead atoms. The topological polar surface area (TPSA) is 26.3 Å². The van der Waals surface area contributed by atoms with E-state index in [0.717, 1.165) is 15.4 Å². The third-order valence-corrected chi connectivity index (χ3v) is 3.07. The summed E-state index contributed by atoms with van der Waals surface area (Å²) in [6.45, 7) is 6.37. The fraction of sp³-hybridized carbons (Fsp3) is 0.417. The first-order chi connectivity index (χ1) is 6.90. The molecule has 0 saturated heterocycles. The molecule has 0 amide bonds. The standard InChI is InChI=1S/C12H15IO2/c1-12(2,3)9-5-8(7-14)11(15-4)10(13)6-9/h5-7H,1-4H3. The molecular weight excluding hydrogens is 303 g/mol. The van der Waals surface area contributed by atoms with E-state index in [1.54, 1.807) is 7.11 Å². The zero-order chi connectivity index (χ0) is 11.6. The monoisotopic (exact) mass is 318 g/mol. The van der Waals surface area contributed by atoms with E-state index >= 15 is 0 Å². The van der Waals surface area contributed by atoms with Gasteiger partial charge in [-0.05, 0) is 45.7 Å². The fourth-order valence-corrected chi connectivity index (χ4v) is 2.22. The van der Waals surface area contributed by atoms with Gasteiger partial charge in [0.2, 0.25) is 0 Å². The Kier molecular flexibility index (Phi) is 3.76. The van der Waals surface area contributed by atoms with E-state index in [0.29, 0.717) is 11.3 Å². The molecule has 0 aliphatic carbocycles. The Labute approximate surface area is 104 Å². The number of methoxy groups -OCH3 is 1. The van der Waals surface area contributed by atoms with Gasteiger partial charge >= 0.3 is 0 Å². The van der Waals surface area contributed by atoms with Gasteiger partial charge in [0, 0.05) is 0 Å². The Morgan fingerprint density at radius 2 is 1.93 bits per heavy atom. The summed E-state index contributed by atoms with van der Waals surface area (Å²) in [5, 5.41) is 0. The quantitative estimate of drug-likeness (QED) is 0.617. The molecule has 0 spiro atoms. The van der Waals surface area contributed by atoms with Crippen molar-refractivity contribution in [2.75, 3.05) is 7.11 Å². The maximum atomic E-state index is 10.9. The molecule has 3 heteroatoms. The molecule has 0 N–H and O–H groups in total. The van der Waals surface area contributed by atoms with E-state index in [9.17, 15) is 4.79 Å². The first-order valence-electron chi connectivity index (χ1n) is 4.73. The van der Waals surface area contributed by atoms with Gasteiger partial charge in [-0.15, -0.1) is 0 Å². The van der Waals surface area contributed by atoms with E-state index in [-0.39, 0.29) is 5.41 Å². The van der Waals surface area contributed by atoms with Gasteiger partial charge in [-0.3, -0.25) is 4.79 Å². The second-order valence-corrected chi connectivity index (χ2v) is 5.61. The second kappa shape index (κ2) is 4.51. The number of carbonyl (C=O) groups is 1. The maximum absolute atomic E-state index is 10.9. The first-order valence-corrected chi connectivity index (χ1v) is 5.81. The maximum Gasteiger partial charge on any atom is 0.153 e. The van der Waals surface area contributed by atoms with Crippen molar-refractivity contribution in [1.29, 1.82) is 0 Å². The van der Waals surface area contributed by atoms with Gasteiger partial charge in [0.05, 0.1) is 16.2 Å². The lowest BCUT2D eigenvalue weighted by Crippen LogP contribution is -2.12. The van der Waals surface area contributed by atoms with Crippen molar-refractivity contribution in [2.24, 2.45) is 0 Å². The van der Waals surface area contributed by atoms with E-state index < -0.39 is 0 Å². The minimum absolute atomic E-state index is 0.0456. The third kappa shape index (κ3) is 2.71. The molecular formula is C12H15IO2. The van der Waals surface area contributed by atoms with E-state index in [1.807, 2.05) is 6.07 Å². The van der Waals surface area contributed by atoms with Crippen LogP contribution in [0.1, 0.15) is 36.7 Å². The lowest BCUT2D eigenvalue weighted by molar-refractivity contribution is 0.112. The van der Waals surface area contributed by atoms with Crippen LogP contribution >= 0.6 is 22.6 Å². The van der Waals surface area contributed by atoms with Gasteiger partial charge in [-0.1, -0.05) is 20.8 Å². The molecule has 0 aromatic heterocycles. The zero-order valence-corrected chi connectivity index (χ0v) is 11.6. The van der Waals surface area contributed by atoms with E-state index in [4.69, 9.17) is 4.74 Å². The number of rotatable bonds is 2. The predicted molar refractivity (Wildman–Crippen MR) is 69.8 cm³/mol. The Morgan fingerprint density at radius 3 is 2.33 bits per heavy atom. The van der Waals surface area contributed by atoms with Crippen molar-refractivity contribution >= 4 is 28.9 Å². The highest BCUT2D eigenvalue weighted by molar-refractivity contribution is 14.1. The number of hydrogen-bond donors (Lipinski definition) is 0. The van der Waals surface area contributed by atoms with Gasteiger partial charge < -0.3 is 4.74 Å². The summed E-state index contributed by atoms with van der Waals surface area (Å²) in [5.74, 6) is 0.665. The van der Waals surface area contributed by atoms with Gasteiger partial charge in [0.1, 0.15) is 5.75 Å². The molecule has 0 aliphatic heterocycles. The predicted octanol–water partition coefficient (Wildman–Crippen LogP) is 3.41. The van der Waals surface area contributed by atoms with Crippen LogP contribution in [0, 0.1) is 3.57 Å². The molecule has 0 unspecified atom stereocenters. The Hall–Kier alpha value is -0.580. The molecule has 1 rings (SSSR count). The minimum Gasteiger partial charge on any atom is -0.495 e. The molecule has 0 aliphatic rings. The summed E-state index contributed by atoms with van der Waals surface area (Å²) >= 11 is 2.19. The number of carbonyl (C=O) groups excluding carboxylic acids is 1. The van der Waals surface area contributed by atoms with Gasteiger partial charge in [0.15, 0.2) is 6.29 Å². The number of halogens is 1. The summed E-state index contributed by atoms with van der Waals surface area (Å²) < 4.78 is 6.17. The zero-order valence-electron chi connectivity index (χ0n) is 9.43. The van der Waals surface area contributed by atoms with E-state index in [2.05, 4.69) is 49.4 Å². The van der Waals surface area contributed by atoms with Gasteiger partial charge in [0.25, 0.3) is 0 Å². The van der Waals surface area contributed by atoms with Crippen molar-refractivity contribution in [3.63, 3.8) is 0 Å². The van der Waals surface area contributed by atoms with E-state index in [1.165, 1.54) is 0 Å². The number of ether oxygens (including phenoxy) is 1. The van der Waals surface area contributed by atoms with Crippen LogP contribution < -0.4 is 4.74 Å². The van der Waals surface area contributed by atoms with Gasteiger partial charge in [-0.2, -0.15) is 0 Å². The van der Waals surface area contributed by atoms with Crippen LogP contribution in [0.25, 0.3) is 0 Å². The Morgan fingerprint density at radius 1 is 1.33 bits per heavy atom. The second-order valence-electron chi connectivity index (χ2n) is 4.45. The van der Waals surface area contributed by atoms with Crippen LogP contribution in [0.4, 0.5) is 0 Å². The lowest BCUT2D eigenvalue weighted by atomic mass is 9.86. The third-order valence-electron chi connectivity index (χ3n) is 2.27. The summed E-state index contributed by atoms with van der Waals surface area (Å²) in [4.78, 5) is 10.9. The van der Waals surface area contributed by atoms with Crippen LogP contribution in [0.5, 0.6) is 5.75 Å². The van der Waals surface area contributed by atoms with Crippen molar-refractivity contribution < 1.29 is 9.53 Å². The van der Waals surface area contributed by atoms with Crippen molar-refractivity contribution in [3.8, 4) is 5.75 Å². The lowest BCUT2D eigenvalue weighted by Gasteiger charge is -2.21. The van der Waals surface area contributed by atoms with Crippen LogP contribution in [-0.2, 0) is 5.41 Å². The molecule has 15 heavy (non-hydrogen) atoms. The number of benzene rings is 1. The average molecular weight is 318 g/mol. The van der Waals surface area contributed by atoms with Gasteiger partial charge in [-0.25, -0.2) is 0 Å². The van der Waals surface area contributed by atoms with Crippen LogP contribution in [0.3, 0.4) is 0 Å². The molecule has 2 nitrogen and oxygen atoms in total. The SMILES string of the molecule is COc1c(I)cc(C(C)(C)C)cc1C=O. The Bertz CT molecular complexity index is 378. The Balaban J connectivity index is 3.38. The van der Waals surface area contributed by atoms with Crippen LogP contribution in [-0.4, -0.2) is 13.4 Å². The van der Waals surface area contributed by atoms with Crippen molar-refractivity contribution in [1.82, 2.24) is 0 Å². The number of hydrogen-bond acceptors (Lipinski definition) is 2. The molecule has 0 radical (unpaired) electrons. The fourth-order valence-electron chi connectivity index (χ4n) is 1.35. The first kappa shape index (κ1) is 12.5. The summed E-state index contributed by atoms with van der Waals surface area (Å²) in [5.41, 5.74) is 1.81. The summed E-state index contributed by atoms with van der Waals surface area (Å²) in [6.07, 6.45) is 0.843. The van der Waals surface area contributed by atoms with Crippen LogP contribution in [0.2, 0.25) is 0 Å². The molecule has 0 fully saturated rings. The highest BCUT2D eigenvalue weighted by Crippen LogP contribution is 2.31. The average Bonchev–Trinajstić information content (AvgIpc) is 2.15. The highest BCUT2D eigenvalue weighted by atomic mass is 127. The summed E-state index contributed by atoms with van der Waals surface area (Å²) in [6, 6.07) is 3.96. The molecule has 1 aromatic carbocycles. The van der Waals surface area contributed by atoms with Crippen molar-refractivity contribution in [3.05, 3.63) is 26.8 Å². The van der Waals surface area contributed by atoms with Crippen molar-refractivity contribution in [2.45, 2.75) is 26.2 Å². The van der Waals surface area contributed by atoms with Crippen LogP contribution in [0.15, 0.2) is 12.1 Å². The molecule has 0 heterocycles. The highest BCUT2D eigenvalue weighted by Gasteiger charge is 2.18. The molecule has 1 aromatic rings. The number of aldehydes is 1. The summed E-state index contributed by atoms with van der Waals surface area (Å²) in [7, 11) is 1.58. The molecule has 0 atom stereocenters. The largest absolute Gasteiger partial charge is 0.495 e.